The summed E-state index contributed by atoms with van der Waals surface area (Å²) in [5.74, 6) is 0.623. The first-order chi connectivity index (χ1) is 9.30. The topological polar surface area (TPSA) is 68.3 Å². The Kier molecular flexibility index (Phi) is 3.86. The van der Waals surface area contributed by atoms with Crippen molar-refractivity contribution >= 4 is 16.9 Å². The lowest BCUT2D eigenvalue weighted by molar-refractivity contribution is -0.124. The van der Waals surface area contributed by atoms with Crippen LogP contribution in [0.4, 0.5) is 0 Å². The van der Waals surface area contributed by atoms with Crippen molar-refractivity contribution in [3.8, 4) is 0 Å². The number of hydrogen-bond acceptors (Lipinski definition) is 3. The van der Waals surface area contributed by atoms with Crippen LogP contribution in [-0.4, -0.2) is 11.9 Å². The van der Waals surface area contributed by atoms with Crippen LogP contribution >= 0.6 is 0 Å². The Morgan fingerprint density at radius 3 is 2.60 bits per heavy atom. The lowest BCUT2D eigenvalue weighted by Gasteiger charge is -2.25. The van der Waals surface area contributed by atoms with Gasteiger partial charge in [0, 0.05) is 10.9 Å². The summed E-state index contributed by atoms with van der Waals surface area (Å²) in [6.07, 6.45) is 0. The number of nitrogens with one attached hydrogen (secondary N) is 1. The smallest absolute Gasteiger partial charge is 0.237 e. The van der Waals surface area contributed by atoms with Crippen molar-refractivity contribution in [2.24, 2.45) is 11.1 Å². The molecular formula is C16H22N2O2. The van der Waals surface area contributed by atoms with Gasteiger partial charge in [-0.05, 0) is 18.4 Å². The predicted molar refractivity (Wildman–Crippen MR) is 80.2 cm³/mol. The molecule has 108 valence electrons. The van der Waals surface area contributed by atoms with E-state index in [-0.39, 0.29) is 11.3 Å². The van der Waals surface area contributed by atoms with Crippen molar-refractivity contribution in [3.63, 3.8) is 0 Å². The Labute approximate surface area is 119 Å². The van der Waals surface area contributed by atoms with Crippen molar-refractivity contribution in [1.82, 2.24) is 5.32 Å². The first-order valence-corrected chi connectivity index (χ1v) is 6.81. The second-order valence-corrected chi connectivity index (χ2v) is 6.21. The van der Waals surface area contributed by atoms with Gasteiger partial charge in [-0.1, -0.05) is 39.0 Å². The van der Waals surface area contributed by atoms with E-state index in [1.807, 2.05) is 52.0 Å². The maximum absolute atomic E-state index is 12.0. The number of carbonyl (C=O) groups is 1. The van der Waals surface area contributed by atoms with Gasteiger partial charge in [-0.15, -0.1) is 0 Å². The number of fused-ring (bicyclic) bond motifs is 1. The Hall–Kier alpha value is -1.81. The predicted octanol–water partition coefficient (Wildman–Crippen LogP) is 2.73. The zero-order chi connectivity index (χ0) is 14.9. The Morgan fingerprint density at radius 2 is 2.00 bits per heavy atom. The number of carbonyl (C=O) groups excluding carboxylic acids is 1. The van der Waals surface area contributed by atoms with Crippen molar-refractivity contribution in [1.29, 1.82) is 0 Å². The lowest BCUT2D eigenvalue weighted by atomic mass is 9.87. The number of benzene rings is 1. The van der Waals surface area contributed by atoms with Gasteiger partial charge in [0.15, 0.2) is 0 Å². The van der Waals surface area contributed by atoms with Crippen LogP contribution < -0.4 is 11.1 Å². The van der Waals surface area contributed by atoms with Gasteiger partial charge in [0.25, 0.3) is 0 Å². The number of rotatable bonds is 3. The molecule has 3 N–H and O–H groups in total. The van der Waals surface area contributed by atoms with E-state index in [1.165, 1.54) is 0 Å². The third-order valence-electron chi connectivity index (χ3n) is 3.58. The molecule has 1 aromatic carbocycles. The summed E-state index contributed by atoms with van der Waals surface area (Å²) < 4.78 is 5.76. The minimum Gasteiger partial charge on any atom is -0.459 e. The number of aryl methyl sites for hydroxylation is 1. The van der Waals surface area contributed by atoms with E-state index in [1.54, 1.807) is 0 Å². The third-order valence-corrected chi connectivity index (χ3v) is 3.58. The zero-order valence-electron chi connectivity index (χ0n) is 12.5. The molecule has 0 saturated heterocycles. The summed E-state index contributed by atoms with van der Waals surface area (Å²) in [5.41, 5.74) is 7.57. The molecule has 1 heterocycles. The molecule has 0 spiro atoms. The molecule has 0 aliphatic carbocycles. The molecule has 0 aliphatic heterocycles. The third kappa shape index (κ3) is 2.85. The van der Waals surface area contributed by atoms with E-state index in [9.17, 15) is 4.79 Å². The zero-order valence-corrected chi connectivity index (χ0v) is 12.5. The fraction of sp³-hybridized carbons (Fsp3) is 0.438. The molecule has 1 atom stereocenters. The van der Waals surface area contributed by atoms with E-state index >= 15 is 0 Å². The van der Waals surface area contributed by atoms with Gasteiger partial charge in [-0.25, -0.2) is 0 Å². The molecule has 0 bridgehead atoms. The van der Waals surface area contributed by atoms with Gasteiger partial charge in [0.2, 0.25) is 5.91 Å². The maximum Gasteiger partial charge on any atom is 0.237 e. The van der Waals surface area contributed by atoms with Crippen LogP contribution in [-0.2, 0) is 11.3 Å². The van der Waals surface area contributed by atoms with E-state index < -0.39 is 6.04 Å². The average Bonchev–Trinajstić information content (AvgIpc) is 2.71. The molecule has 4 heteroatoms. The molecule has 20 heavy (non-hydrogen) atoms. The molecule has 0 saturated carbocycles. The summed E-state index contributed by atoms with van der Waals surface area (Å²) >= 11 is 0. The number of para-hydroxylation sites is 1. The van der Waals surface area contributed by atoms with E-state index in [0.717, 1.165) is 22.3 Å². The average molecular weight is 274 g/mol. The minimum atomic E-state index is -0.535. The van der Waals surface area contributed by atoms with Gasteiger partial charge in [-0.3, -0.25) is 4.79 Å². The summed E-state index contributed by atoms with van der Waals surface area (Å²) in [6.45, 7) is 8.21. The summed E-state index contributed by atoms with van der Waals surface area (Å²) in [6, 6.07) is 7.31. The van der Waals surface area contributed by atoms with Crippen molar-refractivity contribution in [2.45, 2.75) is 40.3 Å². The highest BCUT2D eigenvalue weighted by molar-refractivity contribution is 5.83. The highest BCUT2D eigenvalue weighted by Gasteiger charge is 2.27. The second-order valence-electron chi connectivity index (χ2n) is 6.21. The number of nitrogens with two attached hydrogens (primary N) is 1. The fourth-order valence-corrected chi connectivity index (χ4v) is 2.06. The molecule has 0 aliphatic rings. The molecule has 2 rings (SSSR count). The van der Waals surface area contributed by atoms with Crippen LogP contribution in [0.5, 0.6) is 0 Å². The Bertz CT molecular complexity index is 623. The first-order valence-electron chi connectivity index (χ1n) is 6.81. The van der Waals surface area contributed by atoms with Crippen LogP contribution in [0.3, 0.4) is 0 Å². The van der Waals surface area contributed by atoms with Crippen LogP contribution in [0.15, 0.2) is 28.7 Å². The molecule has 0 unspecified atom stereocenters. The largest absolute Gasteiger partial charge is 0.459 e. The molecule has 0 radical (unpaired) electrons. The Morgan fingerprint density at radius 1 is 1.35 bits per heavy atom. The normalized spacial score (nSPS) is 13.4. The summed E-state index contributed by atoms with van der Waals surface area (Å²) in [4.78, 5) is 12.0. The van der Waals surface area contributed by atoms with Gasteiger partial charge in [-0.2, -0.15) is 0 Å². The van der Waals surface area contributed by atoms with E-state index in [4.69, 9.17) is 10.2 Å². The lowest BCUT2D eigenvalue weighted by Crippen LogP contribution is -2.48. The monoisotopic (exact) mass is 274 g/mol. The van der Waals surface area contributed by atoms with Gasteiger partial charge >= 0.3 is 0 Å². The van der Waals surface area contributed by atoms with E-state index in [2.05, 4.69) is 5.32 Å². The molecule has 1 amide bonds. The van der Waals surface area contributed by atoms with Crippen LogP contribution in [0.2, 0.25) is 0 Å². The fourth-order valence-electron chi connectivity index (χ4n) is 2.06. The molecule has 2 aromatic rings. The highest BCUT2D eigenvalue weighted by Crippen LogP contribution is 2.25. The van der Waals surface area contributed by atoms with Crippen LogP contribution in [0.25, 0.3) is 11.0 Å². The summed E-state index contributed by atoms with van der Waals surface area (Å²) in [5, 5.41) is 3.93. The maximum atomic E-state index is 12.0. The molecule has 0 fully saturated rings. The number of hydrogen-bond donors (Lipinski definition) is 2. The van der Waals surface area contributed by atoms with Crippen molar-refractivity contribution < 1.29 is 9.21 Å². The molecular weight excluding hydrogens is 252 g/mol. The van der Waals surface area contributed by atoms with E-state index in [0.29, 0.717) is 6.54 Å². The van der Waals surface area contributed by atoms with Crippen LogP contribution in [0.1, 0.15) is 32.1 Å². The highest BCUT2D eigenvalue weighted by atomic mass is 16.3. The standard InChI is InChI=1S/C16H22N2O2/c1-10-11-7-5-6-8-12(11)20-13(10)9-18-15(19)14(17)16(2,3)4/h5-8,14H,9,17H2,1-4H3,(H,18,19)/t14-/m1/s1. The number of furan rings is 1. The number of amides is 1. The van der Waals surface area contributed by atoms with Crippen LogP contribution in [0, 0.1) is 12.3 Å². The SMILES string of the molecule is Cc1c(CNC(=O)[C@@H](N)C(C)(C)C)oc2ccccc12. The van der Waals surface area contributed by atoms with Gasteiger partial charge in [0.1, 0.15) is 11.3 Å². The molecule has 1 aromatic heterocycles. The first kappa shape index (κ1) is 14.6. The van der Waals surface area contributed by atoms with Crippen molar-refractivity contribution in [3.05, 3.63) is 35.6 Å². The Balaban J connectivity index is 2.10. The quantitative estimate of drug-likeness (QED) is 0.904. The van der Waals surface area contributed by atoms with Gasteiger partial charge in [0.05, 0.1) is 12.6 Å². The van der Waals surface area contributed by atoms with Gasteiger partial charge < -0.3 is 15.5 Å². The second kappa shape index (κ2) is 5.29. The summed E-state index contributed by atoms with van der Waals surface area (Å²) in [7, 11) is 0. The minimum absolute atomic E-state index is 0.155. The molecule has 4 nitrogen and oxygen atoms in total. The van der Waals surface area contributed by atoms with Crippen molar-refractivity contribution in [2.75, 3.05) is 0 Å².